The third kappa shape index (κ3) is 2.05. The molecule has 0 amide bonds. The van der Waals surface area contributed by atoms with E-state index in [0.29, 0.717) is 11.0 Å². The molecule has 1 aromatic rings. The zero-order valence-corrected chi connectivity index (χ0v) is 8.44. The highest BCUT2D eigenvalue weighted by Crippen LogP contribution is 2.20. The maximum Gasteiger partial charge on any atom is 0.137 e. The van der Waals surface area contributed by atoms with Crippen LogP contribution in [0.5, 0.6) is 0 Å². The second kappa shape index (κ2) is 4.01. The first-order valence-electron chi connectivity index (χ1n) is 3.80. The number of nitrogens with two attached hydrogens (primary N) is 1. The number of hydrogen-bond donors (Lipinski definition) is 1. The monoisotopic (exact) mass is 231 g/mol. The van der Waals surface area contributed by atoms with E-state index in [9.17, 15) is 4.39 Å². The van der Waals surface area contributed by atoms with Crippen molar-refractivity contribution in [2.24, 2.45) is 5.73 Å². The fourth-order valence-corrected chi connectivity index (χ4v) is 1.20. The quantitative estimate of drug-likeness (QED) is 0.833. The normalized spacial score (nSPS) is 13.0. The van der Waals surface area contributed by atoms with Gasteiger partial charge >= 0.3 is 0 Å². The predicted octanol–water partition coefficient (Wildman–Crippen LogP) is 2.65. The smallest absolute Gasteiger partial charge is 0.137 e. The maximum atomic E-state index is 13.0. The Labute approximate surface area is 79.9 Å². The van der Waals surface area contributed by atoms with Crippen molar-refractivity contribution in [2.75, 3.05) is 6.54 Å². The lowest BCUT2D eigenvalue weighted by molar-refractivity contribution is 0.615. The zero-order valence-electron chi connectivity index (χ0n) is 6.85. The van der Waals surface area contributed by atoms with Gasteiger partial charge in [0.15, 0.2) is 0 Å². The molecular formula is C9H11BrFN. The summed E-state index contributed by atoms with van der Waals surface area (Å²) in [4.78, 5) is 0. The maximum absolute atomic E-state index is 13.0. The number of benzene rings is 1. The molecule has 0 bridgehead atoms. The van der Waals surface area contributed by atoms with Crippen molar-refractivity contribution in [3.63, 3.8) is 0 Å². The van der Waals surface area contributed by atoms with Crippen molar-refractivity contribution < 1.29 is 4.39 Å². The summed E-state index contributed by atoms with van der Waals surface area (Å²) in [5.74, 6) is -0.0135. The van der Waals surface area contributed by atoms with E-state index in [2.05, 4.69) is 15.9 Å². The molecule has 0 aliphatic heterocycles. The highest BCUT2D eigenvalue weighted by Gasteiger charge is 2.05. The molecule has 3 heteroatoms. The van der Waals surface area contributed by atoms with Gasteiger partial charge in [-0.1, -0.05) is 13.0 Å². The molecule has 1 atom stereocenters. The molecule has 0 aromatic heterocycles. The second-order valence-electron chi connectivity index (χ2n) is 2.81. The lowest BCUT2D eigenvalue weighted by Crippen LogP contribution is -2.08. The first-order chi connectivity index (χ1) is 5.65. The molecule has 1 aromatic carbocycles. The Bertz CT molecular complexity index is 275. The average Bonchev–Trinajstić information content (AvgIpc) is 2.08. The fraction of sp³-hybridized carbons (Fsp3) is 0.333. The van der Waals surface area contributed by atoms with Crippen molar-refractivity contribution in [2.45, 2.75) is 12.8 Å². The number of rotatable bonds is 2. The van der Waals surface area contributed by atoms with Crippen LogP contribution in [0, 0.1) is 5.82 Å². The molecule has 0 aliphatic rings. The van der Waals surface area contributed by atoms with E-state index in [-0.39, 0.29) is 11.7 Å². The molecule has 1 nitrogen and oxygen atoms in total. The predicted molar refractivity (Wildman–Crippen MR) is 51.6 cm³/mol. The Morgan fingerprint density at radius 1 is 1.58 bits per heavy atom. The molecular weight excluding hydrogens is 221 g/mol. The van der Waals surface area contributed by atoms with Crippen LogP contribution in [-0.2, 0) is 0 Å². The summed E-state index contributed by atoms with van der Waals surface area (Å²) in [6.45, 7) is 2.52. The van der Waals surface area contributed by atoms with Gasteiger partial charge in [-0.15, -0.1) is 0 Å². The van der Waals surface area contributed by atoms with Gasteiger partial charge in [0, 0.05) is 0 Å². The minimum absolute atomic E-state index is 0.215. The summed E-state index contributed by atoms with van der Waals surface area (Å²) in [5, 5.41) is 0. The average molecular weight is 232 g/mol. The Hall–Kier alpha value is -0.410. The van der Waals surface area contributed by atoms with E-state index in [1.54, 1.807) is 6.07 Å². The van der Waals surface area contributed by atoms with Crippen LogP contribution in [0.4, 0.5) is 4.39 Å². The Morgan fingerprint density at radius 3 is 2.75 bits per heavy atom. The van der Waals surface area contributed by atoms with E-state index in [1.807, 2.05) is 13.0 Å². The summed E-state index contributed by atoms with van der Waals surface area (Å²) in [6, 6.07) is 5.10. The van der Waals surface area contributed by atoms with Crippen LogP contribution < -0.4 is 5.73 Å². The molecule has 0 saturated carbocycles. The van der Waals surface area contributed by atoms with E-state index in [1.165, 1.54) is 6.07 Å². The summed E-state index contributed by atoms with van der Waals surface area (Å²) in [6.07, 6.45) is 0. The number of hydrogen-bond acceptors (Lipinski definition) is 1. The first kappa shape index (κ1) is 9.68. The van der Waals surface area contributed by atoms with Gasteiger partial charge in [0.2, 0.25) is 0 Å². The molecule has 0 radical (unpaired) electrons. The third-order valence-electron chi connectivity index (χ3n) is 1.87. The molecule has 66 valence electrons. The Morgan fingerprint density at radius 2 is 2.25 bits per heavy atom. The van der Waals surface area contributed by atoms with E-state index in [0.717, 1.165) is 5.56 Å². The second-order valence-corrected chi connectivity index (χ2v) is 3.66. The molecule has 0 fully saturated rings. The van der Waals surface area contributed by atoms with Crippen molar-refractivity contribution in [1.82, 2.24) is 0 Å². The van der Waals surface area contributed by atoms with Crippen LogP contribution in [-0.4, -0.2) is 6.54 Å². The SMILES string of the molecule is C[C@@H](CN)c1ccc(Br)c(F)c1. The van der Waals surface area contributed by atoms with Gasteiger partial charge in [0.05, 0.1) is 4.47 Å². The highest BCUT2D eigenvalue weighted by molar-refractivity contribution is 9.10. The van der Waals surface area contributed by atoms with Crippen molar-refractivity contribution in [3.8, 4) is 0 Å². The summed E-state index contributed by atoms with van der Waals surface area (Å²) < 4.78 is 13.5. The minimum Gasteiger partial charge on any atom is -0.330 e. The molecule has 0 saturated heterocycles. The fourth-order valence-electron chi connectivity index (χ4n) is 0.955. The van der Waals surface area contributed by atoms with Gasteiger partial charge in [-0.2, -0.15) is 0 Å². The Kier molecular flexibility index (Phi) is 3.23. The van der Waals surface area contributed by atoms with Crippen LogP contribution in [0.1, 0.15) is 18.4 Å². The summed E-state index contributed by atoms with van der Waals surface area (Å²) >= 11 is 3.09. The van der Waals surface area contributed by atoms with Gasteiger partial charge in [-0.25, -0.2) is 4.39 Å². The first-order valence-corrected chi connectivity index (χ1v) is 4.59. The van der Waals surface area contributed by atoms with Crippen LogP contribution in [0.2, 0.25) is 0 Å². The van der Waals surface area contributed by atoms with Crippen LogP contribution in [0.25, 0.3) is 0 Å². The van der Waals surface area contributed by atoms with Crippen LogP contribution >= 0.6 is 15.9 Å². The molecule has 0 aliphatic carbocycles. The van der Waals surface area contributed by atoms with E-state index < -0.39 is 0 Å². The zero-order chi connectivity index (χ0) is 9.14. The van der Waals surface area contributed by atoms with Gasteiger partial charge in [-0.05, 0) is 46.1 Å². The largest absolute Gasteiger partial charge is 0.330 e. The molecule has 2 N–H and O–H groups in total. The Balaban J connectivity index is 2.96. The van der Waals surface area contributed by atoms with E-state index in [4.69, 9.17) is 5.73 Å². The lowest BCUT2D eigenvalue weighted by atomic mass is 10.0. The lowest BCUT2D eigenvalue weighted by Gasteiger charge is -2.08. The van der Waals surface area contributed by atoms with Crippen LogP contribution in [0.15, 0.2) is 22.7 Å². The molecule has 1 rings (SSSR count). The van der Waals surface area contributed by atoms with Crippen molar-refractivity contribution in [1.29, 1.82) is 0 Å². The van der Waals surface area contributed by atoms with Crippen molar-refractivity contribution in [3.05, 3.63) is 34.1 Å². The molecule has 0 spiro atoms. The standard InChI is InChI=1S/C9H11BrFN/c1-6(5-12)7-2-3-8(10)9(11)4-7/h2-4,6H,5,12H2,1H3/t6-/m0/s1. The molecule has 0 heterocycles. The summed E-state index contributed by atoms with van der Waals surface area (Å²) in [7, 11) is 0. The molecule has 0 unspecified atom stereocenters. The van der Waals surface area contributed by atoms with Crippen molar-refractivity contribution >= 4 is 15.9 Å². The third-order valence-corrected chi connectivity index (χ3v) is 2.51. The topological polar surface area (TPSA) is 26.0 Å². The highest BCUT2D eigenvalue weighted by atomic mass is 79.9. The minimum atomic E-state index is -0.229. The number of halogens is 2. The van der Waals surface area contributed by atoms with Gasteiger partial charge in [0.1, 0.15) is 5.82 Å². The van der Waals surface area contributed by atoms with E-state index >= 15 is 0 Å². The molecule has 12 heavy (non-hydrogen) atoms. The summed E-state index contributed by atoms with van der Waals surface area (Å²) in [5.41, 5.74) is 6.40. The van der Waals surface area contributed by atoms with Crippen LogP contribution in [0.3, 0.4) is 0 Å². The van der Waals surface area contributed by atoms with Gasteiger partial charge in [0.25, 0.3) is 0 Å². The van der Waals surface area contributed by atoms with Gasteiger partial charge in [-0.3, -0.25) is 0 Å². The van der Waals surface area contributed by atoms with Gasteiger partial charge < -0.3 is 5.73 Å².